The first-order chi connectivity index (χ1) is 11.7. The lowest BCUT2D eigenvalue weighted by Gasteiger charge is -2.37. The summed E-state index contributed by atoms with van der Waals surface area (Å²) in [5.41, 5.74) is 0.228. The average molecular weight is 327 g/mol. The fraction of sp³-hybridized carbons (Fsp3) is 0.579. The van der Waals surface area contributed by atoms with E-state index in [-0.39, 0.29) is 23.5 Å². The molecule has 0 radical (unpaired) electrons. The van der Waals surface area contributed by atoms with Gasteiger partial charge < -0.3 is 14.4 Å². The number of hydrogen-bond acceptors (Lipinski definition) is 4. The molecule has 2 aliphatic heterocycles. The molecule has 2 aliphatic carbocycles. The second-order valence-corrected chi connectivity index (χ2v) is 7.45. The molecule has 126 valence electrons. The van der Waals surface area contributed by atoms with E-state index in [0.717, 1.165) is 12.8 Å². The van der Waals surface area contributed by atoms with E-state index in [1.54, 1.807) is 0 Å². The van der Waals surface area contributed by atoms with E-state index < -0.39 is 5.60 Å². The molecule has 1 aromatic rings. The Morgan fingerprint density at radius 3 is 2.83 bits per heavy atom. The molecule has 4 aliphatic rings. The van der Waals surface area contributed by atoms with Crippen molar-refractivity contribution in [2.75, 3.05) is 26.3 Å². The number of fused-ring (bicyclic) bond motifs is 3. The largest absolute Gasteiger partial charge is 0.486 e. The summed E-state index contributed by atoms with van der Waals surface area (Å²) in [6.07, 6.45) is 2.29. The number of Topliss-reactive ketones (excluding diaryl/α,β-unsaturated/α-hetero) is 1. The molecule has 1 aromatic carbocycles. The minimum atomic E-state index is -0.456. The Hall–Kier alpha value is -1.88. The number of para-hydroxylation sites is 1. The number of carbonyl (C=O) groups excluding carboxylic acids is 2. The van der Waals surface area contributed by atoms with E-state index in [9.17, 15) is 9.59 Å². The Morgan fingerprint density at radius 1 is 1.21 bits per heavy atom. The number of benzene rings is 1. The SMILES string of the molecule is O=C1C[C@]2(CC[C@@H]3[C@H](C(=O)N4CCOCC4)[C@@H]32)Oc2ccccc21. The van der Waals surface area contributed by atoms with Crippen LogP contribution in [-0.4, -0.2) is 48.5 Å². The Labute approximate surface area is 140 Å². The first-order valence-electron chi connectivity index (χ1n) is 8.87. The maximum absolute atomic E-state index is 12.9. The van der Waals surface area contributed by atoms with Crippen molar-refractivity contribution in [2.45, 2.75) is 24.9 Å². The highest BCUT2D eigenvalue weighted by Gasteiger charge is 2.71. The molecule has 4 atom stereocenters. The maximum Gasteiger partial charge on any atom is 0.226 e. The van der Waals surface area contributed by atoms with Crippen molar-refractivity contribution < 1.29 is 19.1 Å². The van der Waals surface area contributed by atoms with E-state index >= 15 is 0 Å². The lowest BCUT2D eigenvalue weighted by Crippen LogP contribution is -2.46. The molecule has 1 spiro atoms. The molecule has 1 saturated heterocycles. The molecule has 2 saturated carbocycles. The van der Waals surface area contributed by atoms with Crippen molar-refractivity contribution >= 4 is 11.7 Å². The summed E-state index contributed by atoms with van der Waals surface area (Å²) in [5.74, 6) is 1.71. The third-order valence-corrected chi connectivity index (χ3v) is 6.25. The summed E-state index contributed by atoms with van der Waals surface area (Å²) in [7, 11) is 0. The lowest BCUT2D eigenvalue weighted by atomic mass is 9.84. The third-order valence-electron chi connectivity index (χ3n) is 6.25. The Morgan fingerprint density at radius 2 is 2.00 bits per heavy atom. The molecule has 0 N–H and O–H groups in total. The Bertz CT molecular complexity index is 711. The second kappa shape index (κ2) is 5.06. The summed E-state index contributed by atoms with van der Waals surface area (Å²) < 4.78 is 11.7. The van der Waals surface area contributed by atoms with Crippen LogP contribution in [0.25, 0.3) is 0 Å². The zero-order valence-electron chi connectivity index (χ0n) is 13.6. The Balaban J connectivity index is 1.39. The van der Waals surface area contributed by atoms with Crippen molar-refractivity contribution in [3.8, 4) is 5.75 Å². The smallest absolute Gasteiger partial charge is 0.226 e. The molecule has 3 fully saturated rings. The average Bonchev–Trinajstić information content (AvgIpc) is 3.26. The topological polar surface area (TPSA) is 55.8 Å². The monoisotopic (exact) mass is 327 g/mol. The molecule has 5 heteroatoms. The van der Waals surface area contributed by atoms with E-state index in [0.29, 0.717) is 50.0 Å². The fourth-order valence-electron chi connectivity index (χ4n) is 5.09. The van der Waals surface area contributed by atoms with Gasteiger partial charge in [0.25, 0.3) is 0 Å². The van der Waals surface area contributed by atoms with Crippen LogP contribution in [0.4, 0.5) is 0 Å². The van der Waals surface area contributed by atoms with Gasteiger partial charge in [-0.15, -0.1) is 0 Å². The van der Waals surface area contributed by atoms with Crippen LogP contribution in [-0.2, 0) is 9.53 Å². The quantitative estimate of drug-likeness (QED) is 0.791. The van der Waals surface area contributed by atoms with Gasteiger partial charge >= 0.3 is 0 Å². The minimum Gasteiger partial charge on any atom is -0.486 e. The van der Waals surface area contributed by atoms with Gasteiger partial charge in [-0.05, 0) is 30.9 Å². The number of ketones is 1. The van der Waals surface area contributed by atoms with Crippen molar-refractivity contribution in [3.05, 3.63) is 29.8 Å². The highest BCUT2D eigenvalue weighted by atomic mass is 16.5. The van der Waals surface area contributed by atoms with Crippen LogP contribution in [0.3, 0.4) is 0 Å². The van der Waals surface area contributed by atoms with Crippen LogP contribution in [0, 0.1) is 17.8 Å². The summed E-state index contributed by atoms with van der Waals surface area (Å²) in [6, 6.07) is 7.49. The van der Waals surface area contributed by atoms with Gasteiger partial charge in [0.2, 0.25) is 5.91 Å². The van der Waals surface area contributed by atoms with Crippen LogP contribution in [0.15, 0.2) is 24.3 Å². The highest BCUT2D eigenvalue weighted by Crippen LogP contribution is 2.66. The molecule has 1 amide bonds. The lowest BCUT2D eigenvalue weighted by molar-refractivity contribution is -0.138. The van der Waals surface area contributed by atoms with E-state index in [1.165, 1.54) is 0 Å². The highest BCUT2D eigenvalue weighted by molar-refractivity contribution is 6.00. The summed E-state index contributed by atoms with van der Waals surface area (Å²) in [6.45, 7) is 2.62. The molecule has 0 bridgehead atoms. The second-order valence-electron chi connectivity index (χ2n) is 7.45. The first kappa shape index (κ1) is 14.5. The van der Waals surface area contributed by atoms with Crippen LogP contribution in [0.1, 0.15) is 29.6 Å². The van der Waals surface area contributed by atoms with Crippen LogP contribution in [0.2, 0.25) is 0 Å². The summed E-state index contributed by atoms with van der Waals surface area (Å²) in [4.78, 5) is 27.4. The molecular weight excluding hydrogens is 306 g/mol. The molecule has 2 heterocycles. The number of nitrogens with zero attached hydrogens (tertiary/aromatic N) is 1. The van der Waals surface area contributed by atoms with Gasteiger partial charge in [-0.3, -0.25) is 9.59 Å². The molecular formula is C19H21NO4. The van der Waals surface area contributed by atoms with E-state index in [4.69, 9.17) is 9.47 Å². The van der Waals surface area contributed by atoms with Crippen LogP contribution >= 0.6 is 0 Å². The number of amides is 1. The van der Waals surface area contributed by atoms with Crippen LogP contribution in [0.5, 0.6) is 5.75 Å². The van der Waals surface area contributed by atoms with Crippen LogP contribution < -0.4 is 4.74 Å². The normalized spacial score (nSPS) is 36.9. The van der Waals surface area contributed by atoms with Gasteiger partial charge in [0.05, 0.1) is 25.2 Å². The van der Waals surface area contributed by atoms with Gasteiger partial charge in [0.1, 0.15) is 11.4 Å². The molecule has 5 rings (SSSR count). The van der Waals surface area contributed by atoms with Crippen molar-refractivity contribution in [1.82, 2.24) is 4.90 Å². The van der Waals surface area contributed by atoms with Crippen molar-refractivity contribution in [3.63, 3.8) is 0 Å². The summed E-state index contributed by atoms with van der Waals surface area (Å²) >= 11 is 0. The summed E-state index contributed by atoms with van der Waals surface area (Å²) in [5, 5.41) is 0. The predicted octanol–water partition coefficient (Wildman–Crippen LogP) is 1.91. The van der Waals surface area contributed by atoms with Gasteiger partial charge in [-0.1, -0.05) is 12.1 Å². The Kier molecular flexibility index (Phi) is 3.05. The standard InChI is InChI=1S/C19H21NO4/c21-14-11-19(24-15-4-2-1-3-12(14)15)6-5-13-16(17(13)19)18(22)20-7-9-23-10-8-20/h1-4,13,16-17H,5-11H2/t13-,16+,17-,19+/m1/s1. The zero-order valence-corrected chi connectivity index (χ0v) is 13.6. The molecule has 0 aromatic heterocycles. The van der Waals surface area contributed by atoms with Gasteiger partial charge in [-0.25, -0.2) is 0 Å². The maximum atomic E-state index is 12.9. The number of ether oxygens (including phenoxy) is 2. The fourth-order valence-corrected chi connectivity index (χ4v) is 5.09. The first-order valence-corrected chi connectivity index (χ1v) is 8.87. The van der Waals surface area contributed by atoms with E-state index in [1.807, 2.05) is 29.2 Å². The molecule has 5 nitrogen and oxygen atoms in total. The molecule has 0 unspecified atom stereocenters. The predicted molar refractivity (Wildman–Crippen MR) is 85.9 cm³/mol. The van der Waals surface area contributed by atoms with Crippen molar-refractivity contribution in [1.29, 1.82) is 0 Å². The van der Waals surface area contributed by atoms with Gasteiger partial charge in [0.15, 0.2) is 5.78 Å². The van der Waals surface area contributed by atoms with Crippen molar-refractivity contribution in [2.24, 2.45) is 17.8 Å². The van der Waals surface area contributed by atoms with Gasteiger partial charge in [0, 0.05) is 24.9 Å². The van der Waals surface area contributed by atoms with E-state index in [2.05, 4.69) is 0 Å². The minimum absolute atomic E-state index is 0.0370. The zero-order chi connectivity index (χ0) is 16.3. The number of rotatable bonds is 1. The molecule has 24 heavy (non-hydrogen) atoms. The third kappa shape index (κ3) is 1.97. The number of hydrogen-bond donors (Lipinski definition) is 0. The number of carbonyl (C=O) groups is 2. The van der Waals surface area contributed by atoms with Gasteiger partial charge in [-0.2, -0.15) is 0 Å². The number of morpholine rings is 1.